The molecule has 1 saturated heterocycles. The average molecular weight is 233 g/mol. The molecule has 1 aliphatic rings. The SMILES string of the molecule is Cc1nc2nc[nH]n2c(=O)c1CN1CCCC1. The number of hydrogen-bond donors (Lipinski definition) is 1. The van der Waals surface area contributed by atoms with Gasteiger partial charge >= 0.3 is 0 Å². The van der Waals surface area contributed by atoms with Crippen molar-refractivity contribution in [3.63, 3.8) is 0 Å². The van der Waals surface area contributed by atoms with Crippen LogP contribution in [0.15, 0.2) is 11.1 Å². The zero-order chi connectivity index (χ0) is 11.8. The lowest BCUT2D eigenvalue weighted by molar-refractivity contribution is 0.328. The van der Waals surface area contributed by atoms with Crippen molar-refractivity contribution in [2.45, 2.75) is 26.3 Å². The summed E-state index contributed by atoms with van der Waals surface area (Å²) in [6, 6.07) is 0. The Kier molecular flexibility index (Phi) is 2.44. The molecule has 90 valence electrons. The van der Waals surface area contributed by atoms with E-state index in [2.05, 4.69) is 20.0 Å². The molecule has 6 nitrogen and oxygen atoms in total. The predicted molar refractivity (Wildman–Crippen MR) is 62.9 cm³/mol. The monoisotopic (exact) mass is 233 g/mol. The second-order valence-corrected chi connectivity index (χ2v) is 4.49. The molecule has 1 fully saturated rings. The average Bonchev–Trinajstić information content (AvgIpc) is 2.94. The van der Waals surface area contributed by atoms with E-state index in [4.69, 9.17) is 0 Å². The van der Waals surface area contributed by atoms with E-state index in [1.165, 1.54) is 23.7 Å². The van der Waals surface area contributed by atoms with E-state index in [9.17, 15) is 4.79 Å². The lowest BCUT2D eigenvalue weighted by atomic mass is 10.2. The molecule has 3 rings (SSSR count). The molecule has 3 heterocycles. The van der Waals surface area contributed by atoms with Gasteiger partial charge < -0.3 is 0 Å². The highest BCUT2D eigenvalue weighted by Gasteiger charge is 2.17. The highest BCUT2D eigenvalue weighted by atomic mass is 16.1. The molecule has 0 radical (unpaired) electrons. The predicted octanol–water partition coefficient (Wildman–Crippen LogP) is 0.322. The quantitative estimate of drug-likeness (QED) is 0.811. The summed E-state index contributed by atoms with van der Waals surface area (Å²) in [7, 11) is 0. The Bertz CT molecular complexity index is 593. The van der Waals surface area contributed by atoms with Crippen LogP contribution < -0.4 is 5.56 Å². The normalized spacial score (nSPS) is 17.0. The number of nitrogens with zero attached hydrogens (tertiary/aromatic N) is 4. The van der Waals surface area contributed by atoms with E-state index in [1.807, 2.05) is 6.92 Å². The number of H-pyrrole nitrogens is 1. The molecular formula is C11H15N5O. The van der Waals surface area contributed by atoms with Crippen LogP contribution in [0, 0.1) is 6.92 Å². The van der Waals surface area contributed by atoms with Gasteiger partial charge in [0.25, 0.3) is 11.3 Å². The topological polar surface area (TPSA) is 66.3 Å². The maximum Gasteiger partial charge on any atom is 0.278 e. The minimum absolute atomic E-state index is 0.0306. The Morgan fingerprint density at radius 1 is 1.41 bits per heavy atom. The third kappa shape index (κ3) is 1.74. The summed E-state index contributed by atoms with van der Waals surface area (Å²) in [6.45, 7) is 4.72. The number of aromatic nitrogens is 4. The molecule has 0 aliphatic carbocycles. The van der Waals surface area contributed by atoms with Crippen molar-refractivity contribution in [3.8, 4) is 0 Å². The fraction of sp³-hybridized carbons (Fsp3) is 0.545. The summed E-state index contributed by atoms with van der Waals surface area (Å²) in [5.74, 6) is 0.442. The number of hydrogen-bond acceptors (Lipinski definition) is 4. The Hall–Kier alpha value is -1.69. The third-order valence-electron chi connectivity index (χ3n) is 3.31. The van der Waals surface area contributed by atoms with E-state index >= 15 is 0 Å². The number of aromatic amines is 1. The van der Waals surface area contributed by atoms with Gasteiger partial charge in [-0.05, 0) is 32.9 Å². The van der Waals surface area contributed by atoms with Gasteiger partial charge in [-0.3, -0.25) is 14.8 Å². The molecule has 0 saturated carbocycles. The molecule has 1 N–H and O–H groups in total. The van der Waals surface area contributed by atoms with E-state index in [0.29, 0.717) is 12.3 Å². The highest BCUT2D eigenvalue weighted by molar-refractivity contribution is 5.30. The standard InChI is InChI=1S/C11H15N5O/c1-8-9(6-15-4-2-3-5-15)10(17)16-11(14-8)12-7-13-16/h7H,2-6H2,1H3,(H,12,13,14). The van der Waals surface area contributed by atoms with Crippen molar-refractivity contribution in [3.05, 3.63) is 27.9 Å². The minimum Gasteiger partial charge on any atom is -0.299 e. The van der Waals surface area contributed by atoms with E-state index in [-0.39, 0.29) is 5.56 Å². The van der Waals surface area contributed by atoms with Gasteiger partial charge in [0.05, 0.1) is 11.3 Å². The Morgan fingerprint density at radius 2 is 2.18 bits per heavy atom. The molecular weight excluding hydrogens is 218 g/mol. The molecule has 6 heteroatoms. The van der Waals surface area contributed by atoms with Gasteiger partial charge in [-0.2, -0.15) is 4.52 Å². The molecule has 0 spiro atoms. The van der Waals surface area contributed by atoms with Crippen LogP contribution in [0.3, 0.4) is 0 Å². The van der Waals surface area contributed by atoms with Crippen molar-refractivity contribution in [2.24, 2.45) is 0 Å². The van der Waals surface area contributed by atoms with Gasteiger partial charge in [0.2, 0.25) is 0 Å². The van der Waals surface area contributed by atoms with Crippen LogP contribution >= 0.6 is 0 Å². The lowest BCUT2D eigenvalue weighted by Crippen LogP contribution is -2.28. The fourth-order valence-electron chi connectivity index (χ4n) is 2.34. The number of rotatable bonds is 2. The van der Waals surface area contributed by atoms with Crippen LogP contribution in [-0.2, 0) is 6.54 Å². The molecule has 2 aromatic heterocycles. The molecule has 1 aliphatic heterocycles. The first-order valence-electron chi connectivity index (χ1n) is 5.89. The van der Waals surface area contributed by atoms with Gasteiger partial charge in [0.1, 0.15) is 6.33 Å². The lowest BCUT2D eigenvalue weighted by Gasteiger charge is -2.14. The van der Waals surface area contributed by atoms with Crippen LogP contribution in [0.2, 0.25) is 0 Å². The van der Waals surface area contributed by atoms with Crippen molar-refractivity contribution < 1.29 is 0 Å². The van der Waals surface area contributed by atoms with Crippen LogP contribution in [0.4, 0.5) is 0 Å². The largest absolute Gasteiger partial charge is 0.299 e. The van der Waals surface area contributed by atoms with Gasteiger partial charge in [0.15, 0.2) is 0 Å². The highest BCUT2D eigenvalue weighted by Crippen LogP contribution is 2.12. The smallest absolute Gasteiger partial charge is 0.278 e. The molecule has 0 bridgehead atoms. The van der Waals surface area contributed by atoms with E-state index in [0.717, 1.165) is 24.3 Å². The van der Waals surface area contributed by atoms with Crippen LogP contribution in [0.5, 0.6) is 0 Å². The van der Waals surface area contributed by atoms with Gasteiger partial charge in [-0.1, -0.05) is 0 Å². The van der Waals surface area contributed by atoms with Crippen LogP contribution in [-0.4, -0.2) is 37.6 Å². The van der Waals surface area contributed by atoms with Gasteiger partial charge in [-0.15, -0.1) is 0 Å². The second kappa shape index (κ2) is 3.96. The Balaban J connectivity index is 2.05. The first-order chi connectivity index (χ1) is 8.25. The number of nitrogens with one attached hydrogen (secondary N) is 1. The first kappa shape index (κ1) is 10.5. The fourth-order valence-corrected chi connectivity index (χ4v) is 2.34. The minimum atomic E-state index is -0.0306. The zero-order valence-electron chi connectivity index (χ0n) is 9.81. The third-order valence-corrected chi connectivity index (χ3v) is 3.31. The second-order valence-electron chi connectivity index (χ2n) is 4.49. The van der Waals surface area contributed by atoms with Crippen LogP contribution in [0.25, 0.3) is 5.78 Å². The molecule has 2 aromatic rings. The summed E-state index contributed by atoms with van der Waals surface area (Å²) >= 11 is 0. The Labute approximate surface area is 98.3 Å². The number of fused-ring (bicyclic) bond motifs is 1. The maximum atomic E-state index is 12.2. The van der Waals surface area contributed by atoms with Crippen LogP contribution in [0.1, 0.15) is 24.1 Å². The van der Waals surface area contributed by atoms with E-state index in [1.54, 1.807) is 0 Å². The molecule has 0 amide bonds. The summed E-state index contributed by atoms with van der Waals surface area (Å²) in [5.41, 5.74) is 1.53. The molecule has 0 atom stereocenters. The number of likely N-dealkylation sites (tertiary alicyclic amines) is 1. The molecule has 0 unspecified atom stereocenters. The maximum absolute atomic E-state index is 12.2. The summed E-state index contributed by atoms with van der Waals surface area (Å²) in [4.78, 5) is 22.9. The van der Waals surface area contributed by atoms with Crippen molar-refractivity contribution in [2.75, 3.05) is 13.1 Å². The van der Waals surface area contributed by atoms with Gasteiger partial charge in [0, 0.05) is 6.54 Å². The number of aryl methyl sites for hydroxylation is 1. The Morgan fingerprint density at radius 3 is 2.94 bits per heavy atom. The summed E-state index contributed by atoms with van der Waals surface area (Å²) in [5, 5.41) is 2.79. The van der Waals surface area contributed by atoms with Crippen molar-refractivity contribution >= 4 is 5.78 Å². The summed E-state index contributed by atoms with van der Waals surface area (Å²) in [6.07, 6.45) is 3.93. The van der Waals surface area contributed by atoms with Gasteiger partial charge in [-0.25, -0.2) is 9.97 Å². The molecule has 17 heavy (non-hydrogen) atoms. The summed E-state index contributed by atoms with van der Waals surface area (Å²) < 4.78 is 1.40. The van der Waals surface area contributed by atoms with Crippen molar-refractivity contribution in [1.82, 2.24) is 24.5 Å². The molecule has 0 aromatic carbocycles. The van der Waals surface area contributed by atoms with E-state index < -0.39 is 0 Å². The zero-order valence-corrected chi connectivity index (χ0v) is 9.81. The first-order valence-corrected chi connectivity index (χ1v) is 5.89. The van der Waals surface area contributed by atoms with Crippen molar-refractivity contribution in [1.29, 1.82) is 0 Å².